The lowest BCUT2D eigenvalue weighted by atomic mass is 9.82. The van der Waals surface area contributed by atoms with Crippen molar-refractivity contribution in [2.24, 2.45) is 0 Å². The minimum absolute atomic E-state index is 0.298. The van der Waals surface area contributed by atoms with Crippen LogP contribution in [0.5, 0.6) is 0 Å². The first-order valence-electron chi connectivity index (χ1n) is 19.6. The van der Waals surface area contributed by atoms with Gasteiger partial charge in [0.25, 0.3) is 0 Å². The van der Waals surface area contributed by atoms with E-state index in [4.69, 9.17) is 0 Å². The lowest BCUT2D eigenvalue weighted by Crippen LogP contribution is -2.03. The lowest BCUT2D eigenvalue weighted by molar-refractivity contribution is -0.137. The minimum atomic E-state index is -4.42. The second-order valence-electron chi connectivity index (χ2n) is 15.3. The Bertz CT molecular complexity index is 3470. The van der Waals surface area contributed by atoms with Crippen LogP contribution in [0.1, 0.15) is 5.56 Å². The summed E-state index contributed by atoms with van der Waals surface area (Å²) in [4.78, 5) is 0. The highest BCUT2D eigenvalue weighted by atomic mass is 19.4. The van der Waals surface area contributed by atoms with E-state index in [0.29, 0.717) is 5.56 Å². The summed E-state index contributed by atoms with van der Waals surface area (Å²) in [6.45, 7) is 0. The molecule has 0 radical (unpaired) electrons. The van der Waals surface area contributed by atoms with Crippen LogP contribution < -0.4 is 0 Å². The number of alkyl halides is 3. The molecule has 0 heterocycles. The second-order valence-corrected chi connectivity index (χ2v) is 15.3. The number of benzene rings is 11. The first-order valence-corrected chi connectivity index (χ1v) is 19.6. The predicted octanol–water partition coefficient (Wildman–Crippen LogP) is 16.4. The van der Waals surface area contributed by atoms with Crippen LogP contribution in [0.15, 0.2) is 194 Å². The van der Waals surface area contributed by atoms with Gasteiger partial charge in [-0.05, 0) is 170 Å². The maximum absolute atomic E-state index is 14.4. The summed E-state index contributed by atoms with van der Waals surface area (Å²) in [6, 6.07) is 63.4. The van der Waals surface area contributed by atoms with E-state index in [1.54, 1.807) is 12.1 Å². The fourth-order valence-electron chi connectivity index (χ4n) is 9.12. The van der Waals surface area contributed by atoms with E-state index in [9.17, 15) is 17.6 Å². The van der Waals surface area contributed by atoms with Crippen LogP contribution in [-0.4, -0.2) is 0 Å². The van der Waals surface area contributed by atoms with Gasteiger partial charge in [0.05, 0.1) is 5.56 Å². The molecule has 11 aromatic carbocycles. The molecule has 0 amide bonds. The fourth-order valence-corrected chi connectivity index (χ4v) is 9.12. The number of fused-ring (bicyclic) bond motifs is 8. The molecule has 0 atom stereocenters. The smallest absolute Gasteiger partial charge is 0.207 e. The van der Waals surface area contributed by atoms with Crippen LogP contribution in [0.25, 0.3) is 109 Å². The predicted molar refractivity (Wildman–Crippen MR) is 238 cm³/mol. The van der Waals surface area contributed by atoms with E-state index in [1.807, 2.05) is 18.2 Å². The average Bonchev–Trinajstić information content (AvgIpc) is 3.27. The molecule has 0 aliphatic carbocycles. The number of rotatable bonds is 4. The zero-order valence-electron chi connectivity index (χ0n) is 31.5. The molecule has 0 aromatic heterocycles. The van der Waals surface area contributed by atoms with E-state index >= 15 is 0 Å². The van der Waals surface area contributed by atoms with Crippen molar-refractivity contribution in [3.05, 3.63) is 206 Å². The largest absolute Gasteiger partial charge is 0.416 e. The van der Waals surface area contributed by atoms with Crippen molar-refractivity contribution in [2.45, 2.75) is 6.18 Å². The third-order valence-electron chi connectivity index (χ3n) is 11.9. The third kappa shape index (κ3) is 5.82. The van der Waals surface area contributed by atoms with Crippen molar-refractivity contribution in [1.82, 2.24) is 0 Å². The summed E-state index contributed by atoms with van der Waals surface area (Å²) >= 11 is 0. The first kappa shape index (κ1) is 34.9. The molecule has 280 valence electrons. The van der Waals surface area contributed by atoms with Gasteiger partial charge in [0.15, 0.2) is 0 Å². The summed E-state index contributed by atoms with van der Waals surface area (Å²) in [5, 5.41) is 13.1. The molecule has 4 heteroatoms. The Balaban J connectivity index is 1.31. The van der Waals surface area contributed by atoms with Crippen LogP contribution in [-0.2, 0) is 6.18 Å². The van der Waals surface area contributed by atoms with Gasteiger partial charge in [0.2, 0.25) is 0 Å². The quantitative estimate of drug-likeness (QED) is 0.0950. The zero-order valence-corrected chi connectivity index (χ0v) is 31.5. The second kappa shape index (κ2) is 13.4. The first-order chi connectivity index (χ1) is 28.8. The van der Waals surface area contributed by atoms with Crippen molar-refractivity contribution in [3.63, 3.8) is 0 Å². The highest BCUT2D eigenvalue weighted by Crippen LogP contribution is 2.48. The van der Waals surface area contributed by atoms with Crippen LogP contribution in [0.3, 0.4) is 0 Å². The Morgan fingerprint density at radius 2 is 0.780 bits per heavy atom. The molecule has 0 bridgehead atoms. The lowest BCUT2D eigenvalue weighted by Gasteiger charge is -2.21. The third-order valence-corrected chi connectivity index (χ3v) is 11.9. The Kier molecular flexibility index (Phi) is 7.92. The van der Waals surface area contributed by atoms with E-state index in [-0.39, 0.29) is 5.82 Å². The van der Waals surface area contributed by atoms with Crippen LogP contribution in [0, 0.1) is 5.82 Å². The van der Waals surface area contributed by atoms with E-state index < -0.39 is 11.7 Å². The summed E-state index contributed by atoms with van der Waals surface area (Å²) in [6.07, 6.45) is -4.42. The molecule has 0 nitrogen and oxygen atoms in total. The Labute approximate surface area is 337 Å². The molecule has 0 aliphatic rings. The summed E-state index contributed by atoms with van der Waals surface area (Å²) < 4.78 is 55.2. The summed E-state index contributed by atoms with van der Waals surface area (Å²) in [5.41, 5.74) is 6.91. The summed E-state index contributed by atoms with van der Waals surface area (Å²) in [7, 11) is 0. The van der Waals surface area contributed by atoms with E-state index in [1.165, 1.54) is 17.5 Å². The Morgan fingerprint density at radius 1 is 0.288 bits per heavy atom. The molecule has 0 saturated heterocycles. The molecule has 0 N–H and O–H groups in total. The van der Waals surface area contributed by atoms with Crippen LogP contribution >= 0.6 is 0 Å². The van der Waals surface area contributed by atoms with Gasteiger partial charge >= 0.3 is 6.18 Å². The van der Waals surface area contributed by atoms with Gasteiger partial charge in [0.1, 0.15) is 5.82 Å². The molecular weight excluding hydrogens is 737 g/mol. The Hall–Kier alpha value is -7.30. The van der Waals surface area contributed by atoms with Crippen molar-refractivity contribution < 1.29 is 17.6 Å². The normalized spacial score (nSPS) is 12.1. The molecule has 0 saturated carbocycles. The number of halogens is 4. The molecule has 11 aromatic rings. The van der Waals surface area contributed by atoms with Crippen molar-refractivity contribution in [1.29, 1.82) is 0 Å². The van der Waals surface area contributed by atoms with Crippen LogP contribution in [0.4, 0.5) is 17.6 Å². The monoisotopic (exact) mass is 768 g/mol. The number of hydrogen-bond acceptors (Lipinski definition) is 0. The van der Waals surface area contributed by atoms with Crippen LogP contribution in [0.2, 0.25) is 0 Å². The molecule has 0 spiro atoms. The van der Waals surface area contributed by atoms with E-state index in [0.717, 1.165) is 110 Å². The highest BCUT2D eigenvalue weighted by Gasteiger charge is 2.30. The summed E-state index contributed by atoms with van der Waals surface area (Å²) in [5.74, 6) is -0.298. The van der Waals surface area contributed by atoms with Crippen molar-refractivity contribution in [3.8, 4) is 44.5 Å². The fraction of sp³-hybridized carbons (Fsp3) is 0.0182. The maximum Gasteiger partial charge on any atom is 0.416 e. The maximum atomic E-state index is 14.4. The minimum Gasteiger partial charge on any atom is -0.207 e. The van der Waals surface area contributed by atoms with Crippen molar-refractivity contribution in [2.75, 3.05) is 0 Å². The topological polar surface area (TPSA) is 0 Å². The van der Waals surface area contributed by atoms with Gasteiger partial charge in [-0.3, -0.25) is 0 Å². The van der Waals surface area contributed by atoms with Gasteiger partial charge in [-0.1, -0.05) is 133 Å². The zero-order chi connectivity index (χ0) is 39.8. The van der Waals surface area contributed by atoms with Gasteiger partial charge < -0.3 is 0 Å². The Morgan fingerprint density at radius 3 is 1.41 bits per heavy atom. The number of hydrogen-bond donors (Lipinski definition) is 0. The average molecular weight is 769 g/mol. The molecule has 0 unspecified atom stereocenters. The molecule has 0 fully saturated rings. The van der Waals surface area contributed by atoms with Gasteiger partial charge in [-0.25, -0.2) is 4.39 Å². The molecule has 0 aliphatic heterocycles. The SMILES string of the molecule is Fc1ccc(-c2cc(-c3cc4ccccc4c4ccccc34)c3cc4cc(-c5ccc(C(F)(F)F)cc5)ccc4c(-c4cc5ccccc5c5ccccc45)c3c2)cc1. The van der Waals surface area contributed by atoms with E-state index in [2.05, 4.69) is 140 Å². The molecular formula is C55H32F4. The van der Waals surface area contributed by atoms with Gasteiger partial charge in [-0.2, -0.15) is 13.2 Å². The highest BCUT2D eigenvalue weighted by molar-refractivity contribution is 6.25. The molecule has 59 heavy (non-hydrogen) atoms. The van der Waals surface area contributed by atoms with Gasteiger partial charge in [0, 0.05) is 0 Å². The standard InChI is InChI=1S/C55H32F4/c56-41-24-19-34(20-25-41)38-30-50(49-28-36-9-1-3-11-42(36)45-13-5-7-15-47(45)49)51-32-39-27-35(33-17-22-40(23-18-33)55(57,58)59)21-26-44(39)54(53(51)31-38)52-29-37-10-2-4-12-43(37)46-14-6-8-16-48(46)52/h1-32H. The molecule has 11 rings (SSSR count). The van der Waals surface area contributed by atoms with Gasteiger partial charge in [-0.15, -0.1) is 0 Å². The van der Waals surface area contributed by atoms with Crippen molar-refractivity contribution >= 4 is 64.6 Å².